The van der Waals surface area contributed by atoms with Crippen molar-refractivity contribution < 1.29 is 9.53 Å². The molecule has 0 aliphatic carbocycles. The highest BCUT2D eigenvalue weighted by Crippen LogP contribution is 2.40. The number of anilines is 4. The van der Waals surface area contributed by atoms with Crippen LogP contribution in [0.3, 0.4) is 0 Å². The van der Waals surface area contributed by atoms with Crippen LogP contribution in [-0.4, -0.2) is 29.6 Å². The first-order valence-corrected chi connectivity index (χ1v) is 6.99. The van der Waals surface area contributed by atoms with E-state index >= 15 is 0 Å². The zero-order chi connectivity index (χ0) is 15.5. The van der Waals surface area contributed by atoms with E-state index in [2.05, 4.69) is 15.3 Å². The number of hydrogen-bond donors (Lipinski definition) is 1. The number of carbonyl (C=O) groups excluding carboxylic acids is 1. The average molecular weight is 296 g/mol. The van der Waals surface area contributed by atoms with E-state index in [1.165, 1.54) is 6.08 Å². The lowest BCUT2D eigenvalue weighted by atomic mass is 10.1. The molecular weight excluding hydrogens is 280 g/mol. The number of rotatable bonds is 3. The van der Waals surface area contributed by atoms with Gasteiger partial charge in [-0.3, -0.25) is 0 Å². The second-order valence-electron chi connectivity index (χ2n) is 4.77. The van der Waals surface area contributed by atoms with Gasteiger partial charge in [-0.1, -0.05) is 6.07 Å². The Morgan fingerprint density at radius 2 is 2.18 bits per heavy atom. The molecule has 1 aromatic heterocycles. The van der Waals surface area contributed by atoms with Crippen LogP contribution >= 0.6 is 0 Å². The third-order valence-corrected chi connectivity index (χ3v) is 3.33. The zero-order valence-electron chi connectivity index (χ0n) is 12.4. The Morgan fingerprint density at radius 3 is 3.00 bits per heavy atom. The van der Waals surface area contributed by atoms with Gasteiger partial charge in [0, 0.05) is 25.5 Å². The summed E-state index contributed by atoms with van der Waals surface area (Å²) in [4.78, 5) is 22.0. The predicted molar refractivity (Wildman–Crippen MR) is 85.5 cm³/mol. The van der Waals surface area contributed by atoms with Crippen molar-refractivity contribution >= 4 is 35.1 Å². The quantitative estimate of drug-likeness (QED) is 0.694. The van der Waals surface area contributed by atoms with Crippen molar-refractivity contribution in [3.8, 4) is 0 Å². The van der Waals surface area contributed by atoms with Crippen LogP contribution in [0.4, 0.5) is 23.0 Å². The normalized spacial score (nSPS) is 12.5. The highest BCUT2D eigenvalue weighted by molar-refractivity contribution is 5.91. The molecule has 1 N–H and O–H groups in total. The van der Waals surface area contributed by atoms with E-state index in [0.29, 0.717) is 12.4 Å². The van der Waals surface area contributed by atoms with E-state index < -0.39 is 0 Å². The number of esters is 1. The molecule has 22 heavy (non-hydrogen) atoms. The van der Waals surface area contributed by atoms with Gasteiger partial charge < -0.3 is 15.0 Å². The number of nitrogens with one attached hydrogen (secondary N) is 1. The molecule has 0 spiro atoms. The highest BCUT2D eigenvalue weighted by Gasteiger charge is 2.21. The van der Waals surface area contributed by atoms with Crippen molar-refractivity contribution in [1.29, 1.82) is 0 Å². The lowest BCUT2D eigenvalue weighted by Gasteiger charge is -2.28. The molecule has 3 rings (SSSR count). The summed E-state index contributed by atoms with van der Waals surface area (Å²) in [7, 11) is 1.95. The lowest BCUT2D eigenvalue weighted by Crippen LogP contribution is -2.19. The van der Waals surface area contributed by atoms with Crippen LogP contribution in [0, 0.1) is 0 Å². The number of benzene rings is 1. The Kier molecular flexibility index (Phi) is 3.74. The fourth-order valence-corrected chi connectivity index (χ4v) is 2.31. The number of carbonyl (C=O) groups is 1. The first kappa shape index (κ1) is 14.1. The van der Waals surface area contributed by atoms with Crippen molar-refractivity contribution in [2.45, 2.75) is 6.92 Å². The number of fused-ring (bicyclic) bond motifs is 2. The van der Waals surface area contributed by atoms with Crippen LogP contribution in [0.25, 0.3) is 6.08 Å². The smallest absolute Gasteiger partial charge is 0.330 e. The van der Waals surface area contributed by atoms with Gasteiger partial charge in [-0.2, -0.15) is 0 Å². The topological polar surface area (TPSA) is 67.3 Å². The van der Waals surface area contributed by atoms with Gasteiger partial charge in [0.05, 0.1) is 18.0 Å². The third-order valence-electron chi connectivity index (χ3n) is 3.33. The molecule has 0 unspecified atom stereocenters. The van der Waals surface area contributed by atoms with Crippen LogP contribution in [0.1, 0.15) is 12.5 Å². The van der Waals surface area contributed by atoms with E-state index in [9.17, 15) is 4.79 Å². The second kappa shape index (κ2) is 5.85. The Balaban J connectivity index is 1.88. The average Bonchev–Trinajstić information content (AvgIpc) is 2.53. The Morgan fingerprint density at radius 1 is 1.36 bits per heavy atom. The third kappa shape index (κ3) is 2.63. The molecule has 6 heteroatoms. The van der Waals surface area contributed by atoms with Crippen molar-refractivity contribution in [2.24, 2.45) is 0 Å². The molecule has 2 heterocycles. The number of hydrogen-bond acceptors (Lipinski definition) is 6. The summed E-state index contributed by atoms with van der Waals surface area (Å²) in [5.74, 6) is 1.15. The fraction of sp³-hybridized carbons (Fsp3) is 0.188. The summed E-state index contributed by atoms with van der Waals surface area (Å²) in [5, 5.41) is 3.26. The molecule has 1 aliphatic rings. The van der Waals surface area contributed by atoms with Gasteiger partial charge in [-0.15, -0.1) is 0 Å². The van der Waals surface area contributed by atoms with Gasteiger partial charge in [0.25, 0.3) is 0 Å². The molecule has 0 saturated carbocycles. The van der Waals surface area contributed by atoms with Crippen LogP contribution in [0.2, 0.25) is 0 Å². The lowest BCUT2D eigenvalue weighted by molar-refractivity contribution is -0.137. The monoisotopic (exact) mass is 296 g/mol. The molecule has 0 bridgehead atoms. The number of aromatic nitrogens is 2. The maximum absolute atomic E-state index is 11.4. The van der Waals surface area contributed by atoms with Gasteiger partial charge in [-0.05, 0) is 30.7 Å². The Bertz CT molecular complexity index is 743. The van der Waals surface area contributed by atoms with E-state index in [4.69, 9.17) is 4.74 Å². The molecule has 1 aromatic carbocycles. The molecular formula is C16H16N4O2. The van der Waals surface area contributed by atoms with E-state index in [-0.39, 0.29) is 5.97 Å². The fourth-order valence-electron chi connectivity index (χ4n) is 2.31. The van der Waals surface area contributed by atoms with Crippen molar-refractivity contribution in [3.05, 3.63) is 42.2 Å². The summed E-state index contributed by atoms with van der Waals surface area (Å²) in [6.07, 6.45) is 6.46. The summed E-state index contributed by atoms with van der Waals surface area (Å²) in [6, 6.07) is 5.87. The van der Waals surface area contributed by atoms with Crippen molar-refractivity contribution in [2.75, 3.05) is 23.9 Å². The van der Waals surface area contributed by atoms with E-state index in [1.54, 1.807) is 25.4 Å². The molecule has 0 amide bonds. The van der Waals surface area contributed by atoms with Crippen molar-refractivity contribution in [3.63, 3.8) is 0 Å². The number of ether oxygens (including phenoxy) is 1. The minimum Gasteiger partial charge on any atom is -0.463 e. The molecule has 0 radical (unpaired) electrons. The summed E-state index contributed by atoms with van der Waals surface area (Å²) in [5.41, 5.74) is 2.82. The molecule has 0 saturated heterocycles. The second-order valence-corrected chi connectivity index (χ2v) is 4.77. The van der Waals surface area contributed by atoms with Gasteiger partial charge in [0.1, 0.15) is 0 Å². The van der Waals surface area contributed by atoms with E-state index in [0.717, 1.165) is 22.8 Å². The summed E-state index contributed by atoms with van der Waals surface area (Å²) < 4.78 is 4.87. The van der Waals surface area contributed by atoms with Crippen LogP contribution in [0.15, 0.2) is 36.7 Å². The van der Waals surface area contributed by atoms with Gasteiger partial charge in [0.15, 0.2) is 11.6 Å². The maximum atomic E-state index is 11.4. The van der Waals surface area contributed by atoms with Crippen LogP contribution in [0.5, 0.6) is 0 Å². The van der Waals surface area contributed by atoms with Crippen LogP contribution in [-0.2, 0) is 9.53 Å². The van der Waals surface area contributed by atoms with E-state index in [1.807, 2.05) is 30.1 Å². The SMILES string of the molecule is CCOC(=O)/C=C/c1ccc2c(c1)Nc1nccnc1N2C. The van der Waals surface area contributed by atoms with Gasteiger partial charge in [0.2, 0.25) is 0 Å². The van der Waals surface area contributed by atoms with Crippen LogP contribution < -0.4 is 10.2 Å². The minimum absolute atomic E-state index is 0.346. The van der Waals surface area contributed by atoms with Crippen molar-refractivity contribution in [1.82, 2.24) is 9.97 Å². The molecule has 1 aliphatic heterocycles. The van der Waals surface area contributed by atoms with Gasteiger partial charge in [-0.25, -0.2) is 14.8 Å². The molecule has 0 atom stereocenters. The first-order chi connectivity index (χ1) is 10.7. The minimum atomic E-state index is -0.346. The number of nitrogens with zero attached hydrogens (tertiary/aromatic N) is 3. The highest BCUT2D eigenvalue weighted by atomic mass is 16.5. The zero-order valence-corrected chi connectivity index (χ0v) is 12.4. The maximum Gasteiger partial charge on any atom is 0.330 e. The summed E-state index contributed by atoms with van der Waals surface area (Å²) >= 11 is 0. The molecule has 2 aromatic rings. The summed E-state index contributed by atoms with van der Waals surface area (Å²) in [6.45, 7) is 2.15. The molecule has 112 valence electrons. The molecule has 0 fully saturated rings. The standard InChI is InChI=1S/C16H16N4O2/c1-3-22-14(21)7-5-11-4-6-13-12(10-11)19-15-16(20(13)2)18-9-8-17-15/h4-10H,3H2,1-2H3,(H,17,19)/b7-5+. The Hall–Kier alpha value is -2.89. The first-order valence-electron chi connectivity index (χ1n) is 6.99. The Labute approximate surface area is 128 Å². The largest absolute Gasteiger partial charge is 0.463 e. The van der Waals surface area contributed by atoms with Gasteiger partial charge >= 0.3 is 5.97 Å². The molecule has 6 nitrogen and oxygen atoms in total. The predicted octanol–water partition coefficient (Wildman–Crippen LogP) is 2.88.